The van der Waals surface area contributed by atoms with E-state index in [0.717, 1.165) is 30.5 Å². The summed E-state index contributed by atoms with van der Waals surface area (Å²) in [5.41, 5.74) is 1.85. The van der Waals surface area contributed by atoms with Crippen LogP contribution in [0.25, 0.3) is 0 Å². The molecule has 7 heteroatoms. The first-order valence-electron chi connectivity index (χ1n) is 9.94. The molecule has 27 heavy (non-hydrogen) atoms. The van der Waals surface area contributed by atoms with E-state index < -0.39 is 5.60 Å². The van der Waals surface area contributed by atoms with E-state index in [-0.39, 0.29) is 24.1 Å². The molecular weight excluding hydrogens is 344 g/mol. The van der Waals surface area contributed by atoms with Crippen LogP contribution in [0.2, 0.25) is 0 Å². The molecule has 3 heterocycles. The second-order valence-corrected chi connectivity index (χ2v) is 8.89. The third kappa shape index (κ3) is 3.96. The maximum absolute atomic E-state index is 13.4. The molecule has 3 rings (SSSR count). The Bertz CT molecular complexity index is 724. The molecule has 0 spiro atoms. The summed E-state index contributed by atoms with van der Waals surface area (Å²) < 4.78 is 7.21. The smallest absolute Gasteiger partial charge is 0.410 e. The van der Waals surface area contributed by atoms with E-state index in [1.807, 2.05) is 32.7 Å². The van der Waals surface area contributed by atoms with Crippen molar-refractivity contribution in [2.45, 2.75) is 84.5 Å². The lowest BCUT2D eigenvalue weighted by atomic mass is 9.96. The highest BCUT2D eigenvalue weighted by Crippen LogP contribution is 2.29. The predicted octanol–water partition coefficient (Wildman–Crippen LogP) is 3.12. The van der Waals surface area contributed by atoms with Crippen LogP contribution in [-0.4, -0.2) is 55.8 Å². The van der Waals surface area contributed by atoms with Crippen molar-refractivity contribution < 1.29 is 14.3 Å². The van der Waals surface area contributed by atoms with Crippen LogP contribution >= 0.6 is 0 Å². The van der Waals surface area contributed by atoms with Gasteiger partial charge in [0.25, 0.3) is 5.91 Å². The first-order valence-corrected chi connectivity index (χ1v) is 9.94. The lowest BCUT2D eigenvalue weighted by Gasteiger charge is -2.39. The number of ether oxygens (including phenoxy) is 1. The van der Waals surface area contributed by atoms with E-state index in [9.17, 15) is 9.59 Å². The number of likely N-dealkylation sites (tertiary alicyclic amines) is 1. The number of rotatable bonds is 1. The molecule has 2 amide bonds. The molecule has 0 bridgehead atoms. The van der Waals surface area contributed by atoms with Gasteiger partial charge >= 0.3 is 6.09 Å². The monoisotopic (exact) mass is 376 g/mol. The molecule has 1 aromatic heterocycles. The number of piperidine rings is 1. The van der Waals surface area contributed by atoms with Gasteiger partial charge in [-0.2, -0.15) is 5.10 Å². The molecular formula is C20H32N4O3. The second kappa shape index (κ2) is 7.17. The minimum atomic E-state index is -0.538. The maximum atomic E-state index is 13.4. The molecule has 1 fully saturated rings. The van der Waals surface area contributed by atoms with Crippen LogP contribution < -0.4 is 0 Å². The normalized spacial score (nSPS) is 23.2. The van der Waals surface area contributed by atoms with Crippen molar-refractivity contribution in [2.24, 2.45) is 7.05 Å². The quantitative estimate of drug-likeness (QED) is 0.755. The van der Waals surface area contributed by atoms with Crippen molar-refractivity contribution in [2.75, 3.05) is 6.54 Å². The Hall–Kier alpha value is -2.05. The highest BCUT2D eigenvalue weighted by molar-refractivity contribution is 5.95. The van der Waals surface area contributed by atoms with Crippen LogP contribution in [0.3, 0.4) is 0 Å². The average Bonchev–Trinajstić information content (AvgIpc) is 2.87. The second-order valence-electron chi connectivity index (χ2n) is 8.89. The summed E-state index contributed by atoms with van der Waals surface area (Å²) >= 11 is 0. The van der Waals surface area contributed by atoms with E-state index in [0.29, 0.717) is 25.2 Å². The molecule has 1 aromatic rings. The van der Waals surface area contributed by atoms with Gasteiger partial charge in [0.1, 0.15) is 11.3 Å². The molecule has 1 saturated heterocycles. The summed E-state index contributed by atoms with van der Waals surface area (Å²) in [6.45, 7) is 10.7. The number of nitrogens with zero attached hydrogens (tertiary/aromatic N) is 4. The number of carbonyl (C=O) groups is 2. The van der Waals surface area contributed by atoms with Crippen LogP contribution in [0, 0.1) is 0 Å². The maximum Gasteiger partial charge on any atom is 0.410 e. The Labute approximate surface area is 161 Å². The minimum Gasteiger partial charge on any atom is -0.444 e. The molecule has 2 unspecified atom stereocenters. The zero-order valence-corrected chi connectivity index (χ0v) is 17.4. The Balaban J connectivity index is 1.87. The van der Waals surface area contributed by atoms with Gasteiger partial charge in [0.15, 0.2) is 0 Å². The van der Waals surface area contributed by atoms with Crippen molar-refractivity contribution in [1.82, 2.24) is 19.6 Å². The number of hydrogen-bond acceptors (Lipinski definition) is 4. The Morgan fingerprint density at radius 2 is 1.78 bits per heavy atom. The van der Waals surface area contributed by atoms with Gasteiger partial charge in [0.05, 0.1) is 12.2 Å². The van der Waals surface area contributed by atoms with Gasteiger partial charge in [0.2, 0.25) is 0 Å². The van der Waals surface area contributed by atoms with Crippen molar-refractivity contribution in [3.05, 3.63) is 17.0 Å². The zero-order chi connectivity index (χ0) is 19.9. The number of carbonyl (C=O) groups excluding carboxylic acids is 2. The fraction of sp³-hybridized carbons (Fsp3) is 0.750. The lowest BCUT2D eigenvalue weighted by molar-refractivity contribution is 0.0220. The summed E-state index contributed by atoms with van der Waals surface area (Å²) in [6.07, 6.45) is 3.51. The molecule has 0 aliphatic carbocycles. The zero-order valence-electron chi connectivity index (χ0n) is 17.4. The minimum absolute atomic E-state index is 0.0250. The van der Waals surface area contributed by atoms with Crippen LogP contribution in [0.4, 0.5) is 4.79 Å². The molecule has 2 atom stereocenters. The highest BCUT2D eigenvalue weighted by Gasteiger charge is 2.36. The Morgan fingerprint density at radius 1 is 1.15 bits per heavy atom. The number of fused-ring (bicyclic) bond motifs is 1. The van der Waals surface area contributed by atoms with Crippen LogP contribution in [0.1, 0.15) is 75.6 Å². The summed E-state index contributed by atoms with van der Waals surface area (Å²) in [5, 5.41) is 4.58. The van der Waals surface area contributed by atoms with E-state index in [4.69, 9.17) is 4.74 Å². The molecule has 2 aliphatic heterocycles. The van der Waals surface area contributed by atoms with Crippen molar-refractivity contribution in [1.29, 1.82) is 0 Å². The standard InChI is InChI=1S/C20H32N4O3/c1-13-8-7-9-14(2)24(13)18(25)17-15-12-23(19(26)27-20(3,4)5)11-10-16(15)21-22(17)6/h13-14H,7-12H2,1-6H3. The van der Waals surface area contributed by atoms with Crippen LogP contribution in [0.15, 0.2) is 0 Å². The van der Waals surface area contributed by atoms with Gasteiger partial charge in [0, 0.05) is 37.7 Å². The largest absolute Gasteiger partial charge is 0.444 e. The van der Waals surface area contributed by atoms with Crippen molar-refractivity contribution >= 4 is 12.0 Å². The molecule has 0 radical (unpaired) electrons. The lowest BCUT2D eigenvalue weighted by Crippen LogP contribution is -2.48. The highest BCUT2D eigenvalue weighted by atomic mass is 16.6. The Morgan fingerprint density at radius 3 is 2.37 bits per heavy atom. The third-order valence-corrected chi connectivity index (χ3v) is 5.48. The molecule has 0 N–H and O–H groups in total. The molecule has 7 nitrogen and oxygen atoms in total. The topological polar surface area (TPSA) is 67.7 Å². The van der Waals surface area contributed by atoms with Gasteiger partial charge in [-0.25, -0.2) is 4.79 Å². The number of hydrogen-bond donors (Lipinski definition) is 0. The first kappa shape index (κ1) is 19.7. The van der Waals surface area contributed by atoms with Crippen LogP contribution in [0.5, 0.6) is 0 Å². The first-order chi connectivity index (χ1) is 12.6. The average molecular weight is 377 g/mol. The van der Waals surface area contributed by atoms with Gasteiger partial charge < -0.3 is 14.5 Å². The SMILES string of the molecule is CC1CCCC(C)N1C(=O)c1c2c(nn1C)CCN(C(=O)OC(C)(C)C)C2. The number of aryl methyl sites for hydroxylation is 1. The van der Waals surface area contributed by atoms with Crippen LogP contribution in [-0.2, 0) is 24.8 Å². The molecule has 0 saturated carbocycles. The summed E-state index contributed by atoms with van der Waals surface area (Å²) in [6, 6.07) is 0.440. The fourth-order valence-electron chi connectivity index (χ4n) is 4.19. The van der Waals surface area contributed by atoms with E-state index in [1.165, 1.54) is 0 Å². The van der Waals surface area contributed by atoms with Gasteiger partial charge in [-0.3, -0.25) is 9.48 Å². The predicted molar refractivity (Wildman–Crippen MR) is 103 cm³/mol. The fourth-order valence-corrected chi connectivity index (χ4v) is 4.19. The molecule has 0 aromatic carbocycles. The van der Waals surface area contributed by atoms with Gasteiger partial charge in [-0.15, -0.1) is 0 Å². The number of amides is 2. The van der Waals surface area contributed by atoms with Crippen molar-refractivity contribution in [3.63, 3.8) is 0 Å². The number of aromatic nitrogens is 2. The summed E-state index contributed by atoms with van der Waals surface area (Å²) in [5.74, 6) is 0.0250. The third-order valence-electron chi connectivity index (χ3n) is 5.48. The van der Waals surface area contributed by atoms with Crippen molar-refractivity contribution in [3.8, 4) is 0 Å². The molecule has 2 aliphatic rings. The van der Waals surface area contributed by atoms with E-state index >= 15 is 0 Å². The van der Waals surface area contributed by atoms with E-state index in [2.05, 4.69) is 18.9 Å². The van der Waals surface area contributed by atoms with Gasteiger partial charge in [-0.1, -0.05) is 0 Å². The Kier molecular flexibility index (Phi) is 5.23. The summed E-state index contributed by atoms with van der Waals surface area (Å²) in [7, 11) is 1.82. The van der Waals surface area contributed by atoms with Gasteiger partial charge in [-0.05, 0) is 53.9 Å². The molecule has 150 valence electrons. The van der Waals surface area contributed by atoms with E-state index in [1.54, 1.807) is 9.58 Å². The summed E-state index contributed by atoms with van der Waals surface area (Å²) in [4.78, 5) is 29.6.